The molecule has 2 aliphatic heterocycles. The number of rotatable bonds is 4. The van der Waals surface area contributed by atoms with Crippen LogP contribution in [0.1, 0.15) is 24.0 Å². The molecule has 2 saturated heterocycles. The normalized spacial score (nSPS) is 19.9. The van der Waals surface area contributed by atoms with Gasteiger partial charge in [0.25, 0.3) is 0 Å². The van der Waals surface area contributed by atoms with Crippen LogP contribution in [0, 0.1) is 19.8 Å². The topological polar surface area (TPSA) is 76.2 Å². The molecule has 2 fully saturated rings. The van der Waals surface area contributed by atoms with E-state index in [1.54, 1.807) is 26.2 Å². The Morgan fingerprint density at radius 3 is 2.30 bits per heavy atom. The molecule has 3 rings (SSSR count). The summed E-state index contributed by atoms with van der Waals surface area (Å²) in [5, 5.41) is 0. The molecule has 0 aromatic heterocycles. The number of ether oxygens (including phenoxy) is 2. The van der Waals surface area contributed by atoms with Crippen LogP contribution in [-0.4, -0.2) is 70.0 Å². The molecule has 1 aromatic carbocycles. The van der Waals surface area contributed by atoms with E-state index in [2.05, 4.69) is 0 Å². The second-order valence-electron chi connectivity index (χ2n) is 7.20. The van der Waals surface area contributed by atoms with Gasteiger partial charge in [-0.05, 0) is 49.9 Å². The maximum absolute atomic E-state index is 13.1. The molecule has 8 heteroatoms. The average Bonchev–Trinajstić information content (AvgIpc) is 2.69. The molecule has 0 radical (unpaired) electrons. The molecule has 7 nitrogen and oxygen atoms in total. The SMILES string of the molecule is COc1cc(C)c(S(=O)(=O)N2CCC(C(=O)N3CCOCC3)CC2)cc1C. The lowest BCUT2D eigenvalue weighted by molar-refractivity contribution is -0.140. The predicted octanol–water partition coefficient (Wildman–Crippen LogP) is 1.57. The van der Waals surface area contributed by atoms with E-state index in [0.717, 1.165) is 5.56 Å². The number of hydrogen-bond acceptors (Lipinski definition) is 5. The fourth-order valence-electron chi connectivity index (χ4n) is 3.79. The Hall–Kier alpha value is -1.64. The molecule has 2 aliphatic rings. The van der Waals surface area contributed by atoms with Crippen molar-refractivity contribution in [1.82, 2.24) is 9.21 Å². The summed E-state index contributed by atoms with van der Waals surface area (Å²) in [6.45, 7) is 6.77. The second-order valence-corrected chi connectivity index (χ2v) is 9.11. The Bertz CT molecular complexity index is 795. The van der Waals surface area contributed by atoms with Crippen molar-refractivity contribution < 1.29 is 22.7 Å². The molecular formula is C19H28N2O5S. The third-order valence-electron chi connectivity index (χ3n) is 5.44. The van der Waals surface area contributed by atoms with Crippen molar-refractivity contribution in [3.8, 4) is 5.75 Å². The van der Waals surface area contributed by atoms with Crippen molar-refractivity contribution in [1.29, 1.82) is 0 Å². The number of amides is 1. The zero-order valence-electron chi connectivity index (χ0n) is 16.2. The van der Waals surface area contributed by atoms with Gasteiger partial charge in [0.2, 0.25) is 15.9 Å². The maximum Gasteiger partial charge on any atom is 0.243 e. The van der Waals surface area contributed by atoms with E-state index in [9.17, 15) is 13.2 Å². The molecule has 0 saturated carbocycles. The van der Waals surface area contributed by atoms with Gasteiger partial charge in [0.15, 0.2) is 0 Å². The van der Waals surface area contributed by atoms with Crippen LogP contribution in [0.25, 0.3) is 0 Å². The Morgan fingerprint density at radius 2 is 1.70 bits per heavy atom. The minimum atomic E-state index is -3.58. The van der Waals surface area contributed by atoms with Crippen LogP contribution in [-0.2, 0) is 19.6 Å². The van der Waals surface area contributed by atoms with Gasteiger partial charge in [-0.15, -0.1) is 0 Å². The van der Waals surface area contributed by atoms with Gasteiger partial charge < -0.3 is 14.4 Å². The first-order chi connectivity index (χ1) is 12.8. The van der Waals surface area contributed by atoms with E-state index in [1.165, 1.54) is 4.31 Å². The van der Waals surface area contributed by atoms with E-state index in [1.807, 2.05) is 11.8 Å². The monoisotopic (exact) mass is 396 g/mol. The molecular weight excluding hydrogens is 368 g/mol. The van der Waals surface area contributed by atoms with E-state index < -0.39 is 10.0 Å². The fourth-order valence-corrected chi connectivity index (χ4v) is 5.55. The Kier molecular flexibility index (Phi) is 6.08. The average molecular weight is 397 g/mol. The lowest BCUT2D eigenvalue weighted by Crippen LogP contribution is -2.47. The molecule has 0 unspecified atom stereocenters. The summed E-state index contributed by atoms with van der Waals surface area (Å²) in [6, 6.07) is 3.44. The van der Waals surface area contributed by atoms with Crippen molar-refractivity contribution in [3.63, 3.8) is 0 Å². The lowest BCUT2D eigenvalue weighted by atomic mass is 9.96. The first-order valence-corrected chi connectivity index (χ1v) is 10.8. The molecule has 0 bridgehead atoms. The number of aryl methyl sites for hydroxylation is 2. The highest BCUT2D eigenvalue weighted by atomic mass is 32.2. The molecule has 2 heterocycles. The molecule has 1 amide bonds. The number of sulfonamides is 1. The summed E-state index contributed by atoms with van der Waals surface area (Å²) in [5.74, 6) is 0.710. The zero-order chi connectivity index (χ0) is 19.6. The van der Waals surface area contributed by atoms with Crippen LogP contribution in [0.4, 0.5) is 0 Å². The van der Waals surface area contributed by atoms with Gasteiger partial charge in [-0.2, -0.15) is 4.31 Å². The second kappa shape index (κ2) is 8.16. The highest BCUT2D eigenvalue weighted by Crippen LogP contribution is 2.30. The quantitative estimate of drug-likeness (QED) is 0.772. The summed E-state index contributed by atoms with van der Waals surface area (Å²) < 4.78 is 38.3. The standard InChI is InChI=1S/C19H28N2O5S/c1-14-13-18(15(2)12-17(14)25-3)27(23,24)21-6-4-16(5-7-21)19(22)20-8-10-26-11-9-20/h12-13,16H,4-11H2,1-3H3. The number of benzene rings is 1. The minimum absolute atomic E-state index is 0.103. The molecule has 0 atom stereocenters. The van der Waals surface area contributed by atoms with Gasteiger partial charge in [-0.1, -0.05) is 0 Å². The van der Waals surface area contributed by atoms with Crippen LogP contribution in [0.5, 0.6) is 5.75 Å². The van der Waals surface area contributed by atoms with E-state index in [4.69, 9.17) is 9.47 Å². The van der Waals surface area contributed by atoms with Crippen molar-refractivity contribution in [2.75, 3.05) is 46.5 Å². The number of piperidine rings is 1. The lowest BCUT2D eigenvalue weighted by Gasteiger charge is -2.35. The van der Waals surface area contributed by atoms with Crippen molar-refractivity contribution in [3.05, 3.63) is 23.3 Å². The Balaban J connectivity index is 1.70. The van der Waals surface area contributed by atoms with Gasteiger partial charge in [0.1, 0.15) is 5.75 Å². The Labute approximate surface area is 161 Å². The summed E-state index contributed by atoms with van der Waals surface area (Å²) in [4.78, 5) is 14.8. The number of morpholine rings is 1. The molecule has 150 valence electrons. The highest BCUT2D eigenvalue weighted by Gasteiger charge is 2.35. The third-order valence-corrected chi connectivity index (χ3v) is 7.48. The Morgan fingerprint density at radius 1 is 1.07 bits per heavy atom. The summed E-state index contributed by atoms with van der Waals surface area (Å²) in [6.07, 6.45) is 1.12. The predicted molar refractivity (Wildman–Crippen MR) is 101 cm³/mol. The third kappa shape index (κ3) is 4.12. The van der Waals surface area contributed by atoms with Gasteiger partial charge in [0, 0.05) is 32.1 Å². The van der Waals surface area contributed by atoms with Crippen LogP contribution in [0.3, 0.4) is 0 Å². The molecule has 27 heavy (non-hydrogen) atoms. The number of carbonyl (C=O) groups excluding carboxylic acids is 1. The van der Waals surface area contributed by atoms with Gasteiger partial charge in [0.05, 0.1) is 25.2 Å². The van der Waals surface area contributed by atoms with Crippen LogP contribution in [0.2, 0.25) is 0 Å². The van der Waals surface area contributed by atoms with Crippen molar-refractivity contribution >= 4 is 15.9 Å². The maximum atomic E-state index is 13.1. The van der Waals surface area contributed by atoms with E-state index in [0.29, 0.717) is 68.4 Å². The summed E-state index contributed by atoms with van der Waals surface area (Å²) >= 11 is 0. The van der Waals surface area contributed by atoms with Crippen molar-refractivity contribution in [2.24, 2.45) is 5.92 Å². The summed E-state index contributed by atoms with van der Waals surface area (Å²) in [5.41, 5.74) is 1.46. The molecule has 1 aromatic rings. The van der Waals surface area contributed by atoms with Gasteiger partial charge in [-0.3, -0.25) is 4.79 Å². The highest BCUT2D eigenvalue weighted by molar-refractivity contribution is 7.89. The first kappa shape index (κ1) is 20.1. The first-order valence-electron chi connectivity index (χ1n) is 9.36. The number of carbonyl (C=O) groups is 1. The summed E-state index contributed by atoms with van der Waals surface area (Å²) in [7, 11) is -2.01. The number of hydrogen-bond donors (Lipinski definition) is 0. The molecule has 0 aliphatic carbocycles. The van der Waals surface area contributed by atoms with Gasteiger partial charge >= 0.3 is 0 Å². The smallest absolute Gasteiger partial charge is 0.243 e. The van der Waals surface area contributed by atoms with Gasteiger partial charge in [-0.25, -0.2) is 8.42 Å². The van der Waals surface area contributed by atoms with E-state index in [-0.39, 0.29) is 11.8 Å². The fraction of sp³-hybridized carbons (Fsp3) is 0.632. The van der Waals surface area contributed by atoms with Crippen LogP contribution in [0.15, 0.2) is 17.0 Å². The van der Waals surface area contributed by atoms with Crippen molar-refractivity contribution in [2.45, 2.75) is 31.6 Å². The van der Waals surface area contributed by atoms with E-state index >= 15 is 0 Å². The van der Waals surface area contributed by atoms with Crippen LogP contribution < -0.4 is 4.74 Å². The zero-order valence-corrected chi connectivity index (χ0v) is 17.0. The van der Waals surface area contributed by atoms with Crippen LogP contribution >= 0.6 is 0 Å². The number of methoxy groups -OCH3 is 1. The number of nitrogens with zero attached hydrogens (tertiary/aromatic N) is 2. The largest absolute Gasteiger partial charge is 0.496 e. The molecule has 0 N–H and O–H groups in total. The molecule has 0 spiro atoms. The minimum Gasteiger partial charge on any atom is -0.496 e.